The predicted octanol–water partition coefficient (Wildman–Crippen LogP) is 2.61. The van der Waals surface area contributed by atoms with Crippen molar-refractivity contribution in [3.05, 3.63) is 0 Å². The van der Waals surface area contributed by atoms with Crippen LogP contribution in [-0.4, -0.2) is 34.5 Å². The van der Waals surface area contributed by atoms with Crippen molar-refractivity contribution in [1.29, 1.82) is 0 Å². The molecule has 0 unspecified atom stereocenters. The van der Waals surface area contributed by atoms with Gasteiger partial charge in [-0.3, -0.25) is 9.69 Å². The second-order valence-corrected chi connectivity index (χ2v) is 5.94. The van der Waals surface area contributed by atoms with Gasteiger partial charge >= 0.3 is 6.09 Å². The summed E-state index contributed by atoms with van der Waals surface area (Å²) in [6, 6.07) is 0. The van der Waals surface area contributed by atoms with Gasteiger partial charge in [-0.2, -0.15) is 0 Å². The molecule has 4 heteroatoms. The van der Waals surface area contributed by atoms with E-state index in [1.807, 2.05) is 20.8 Å². The van der Waals surface area contributed by atoms with Crippen LogP contribution in [-0.2, 0) is 9.53 Å². The van der Waals surface area contributed by atoms with Crippen molar-refractivity contribution in [3.8, 4) is 0 Å². The molecule has 0 fully saturated rings. The SMILES string of the molecule is CC(=O)CN(C(=O)OC(C)(C)C)C(C)(C)C. The standard InChI is InChI=1S/C12H23NO3/c1-9(14)8-13(11(2,3)4)10(15)16-12(5,6)7/h8H2,1-7H3. The van der Waals surface area contributed by atoms with Crippen molar-refractivity contribution in [2.75, 3.05) is 6.54 Å². The molecule has 0 aromatic heterocycles. The Morgan fingerprint density at radius 1 is 1.06 bits per heavy atom. The van der Waals surface area contributed by atoms with E-state index in [4.69, 9.17) is 4.74 Å². The van der Waals surface area contributed by atoms with E-state index in [1.54, 1.807) is 20.8 Å². The van der Waals surface area contributed by atoms with Gasteiger partial charge in [0, 0.05) is 5.54 Å². The molecule has 4 nitrogen and oxygen atoms in total. The summed E-state index contributed by atoms with van der Waals surface area (Å²) in [4.78, 5) is 24.5. The fourth-order valence-electron chi connectivity index (χ4n) is 1.12. The molecule has 0 heterocycles. The van der Waals surface area contributed by atoms with Crippen LogP contribution < -0.4 is 0 Å². The van der Waals surface area contributed by atoms with E-state index >= 15 is 0 Å². The first-order valence-electron chi connectivity index (χ1n) is 5.43. The molecule has 0 bridgehead atoms. The van der Waals surface area contributed by atoms with Crippen LogP contribution in [0.3, 0.4) is 0 Å². The molecule has 0 radical (unpaired) electrons. The van der Waals surface area contributed by atoms with Crippen molar-refractivity contribution < 1.29 is 14.3 Å². The van der Waals surface area contributed by atoms with E-state index in [0.29, 0.717) is 0 Å². The molecule has 0 spiro atoms. The summed E-state index contributed by atoms with van der Waals surface area (Å²) in [5, 5.41) is 0. The van der Waals surface area contributed by atoms with Gasteiger partial charge < -0.3 is 4.74 Å². The average molecular weight is 229 g/mol. The number of hydrogen-bond acceptors (Lipinski definition) is 3. The highest BCUT2D eigenvalue weighted by molar-refractivity contribution is 5.82. The lowest BCUT2D eigenvalue weighted by atomic mass is 10.1. The average Bonchev–Trinajstić information content (AvgIpc) is 1.93. The normalized spacial score (nSPS) is 12.2. The summed E-state index contributed by atoms with van der Waals surface area (Å²) in [5.41, 5.74) is -0.967. The first-order valence-corrected chi connectivity index (χ1v) is 5.43. The molecule has 0 aliphatic rings. The van der Waals surface area contributed by atoms with Crippen molar-refractivity contribution in [2.45, 2.75) is 59.6 Å². The van der Waals surface area contributed by atoms with Crippen LogP contribution in [0.15, 0.2) is 0 Å². The first kappa shape index (κ1) is 14.9. The number of carbonyl (C=O) groups excluding carboxylic acids is 2. The molecule has 94 valence electrons. The van der Waals surface area contributed by atoms with E-state index in [9.17, 15) is 9.59 Å². The zero-order valence-corrected chi connectivity index (χ0v) is 11.4. The van der Waals surface area contributed by atoms with Gasteiger partial charge in [0.05, 0.1) is 6.54 Å². The number of hydrogen-bond donors (Lipinski definition) is 0. The van der Waals surface area contributed by atoms with Gasteiger partial charge in [-0.1, -0.05) is 0 Å². The van der Waals surface area contributed by atoms with Crippen LogP contribution >= 0.6 is 0 Å². The summed E-state index contributed by atoms with van der Waals surface area (Å²) in [5.74, 6) is -0.0548. The van der Waals surface area contributed by atoms with Gasteiger partial charge in [0.2, 0.25) is 0 Å². The lowest BCUT2D eigenvalue weighted by molar-refractivity contribution is -0.119. The molecule has 0 aliphatic heterocycles. The van der Waals surface area contributed by atoms with Crippen LogP contribution in [0.5, 0.6) is 0 Å². The highest BCUT2D eigenvalue weighted by Gasteiger charge is 2.31. The first-order chi connectivity index (χ1) is 6.93. The second kappa shape index (κ2) is 4.85. The van der Waals surface area contributed by atoms with Crippen molar-refractivity contribution in [2.24, 2.45) is 0 Å². The zero-order valence-electron chi connectivity index (χ0n) is 11.4. The van der Waals surface area contributed by atoms with Gasteiger partial charge in [0.15, 0.2) is 0 Å². The van der Waals surface area contributed by atoms with E-state index < -0.39 is 17.2 Å². The maximum atomic E-state index is 11.9. The van der Waals surface area contributed by atoms with Gasteiger partial charge in [0.1, 0.15) is 11.4 Å². The van der Waals surface area contributed by atoms with Crippen molar-refractivity contribution in [3.63, 3.8) is 0 Å². The molecule has 0 aromatic rings. The van der Waals surface area contributed by atoms with Gasteiger partial charge in [-0.05, 0) is 48.5 Å². The fraction of sp³-hybridized carbons (Fsp3) is 0.833. The molecule has 0 atom stereocenters. The Labute approximate surface area is 98.0 Å². The number of rotatable bonds is 2. The van der Waals surface area contributed by atoms with Gasteiger partial charge in [-0.25, -0.2) is 4.79 Å². The second-order valence-electron chi connectivity index (χ2n) is 5.94. The summed E-state index contributed by atoms with van der Waals surface area (Å²) in [6.45, 7) is 12.6. The Hall–Kier alpha value is -1.06. The topological polar surface area (TPSA) is 46.6 Å². The van der Waals surface area contributed by atoms with Gasteiger partial charge in [-0.15, -0.1) is 0 Å². The Bertz CT molecular complexity index is 271. The van der Waals surface area contributed by atoms with E-state index in [2.05, 4.69) is 0 Å². The van der Waals surface area contributed by atoms with Crippen molar-refractivity contribution in [1.82, 2.24) is 4.90 Å². The minimum Gasteiger partial charge on any atom is -0.444 e. The maximum Gasteiger partial charge on any atom is 0.411 e. The lowest BCUT2D eigenvalue weighted by Gasteiger charge is -2.36. The third-order valence-electron chi connectivity index (χ3n) is 1.80. The minimum atomic E-state index is -0.544. The Morgan fingerprint density at radius 2 is 1.50 bits per heavy atom. The largest absolute Gasteiger partial charge is 0.444 e. The van der Waals surface area contributed by atoms with Crippen LogP contribution in [0, 0.1) is 0 Å². The quantitative estimate of drug-likeness (QED) is 0.731. The van der Waals surface area contributed by atoms with Gasteiger partial charge in [0.25, 0.3) is 0 Å². The minimum absolute atomic E-state index is 0.0548. The summed E-state index contributed by atoms with van der Waals surface area (Å²) < 4.78 is 5.26. The third kappa shape index (κ3) is 5.73. The molecule has 0 aromatic carbocycles. The number of ketones is 1. The molecular weight excluding hydrogens is 206 g/mol. The van der Waals surface area contributed by atoms with E-state index in [0.717, 1.165) is 0 Å². The Balaban J connectivity index is 4.78. The summed E-state index contributed by atoms with van der Waals surface area (Å²) >= 11 is 0. The number of Topliss-reactive ketones (excluding diaryl/α,β-unsaturated/α-hetero) is 1. The number of amides is 1. The van der Waals surface area contributed by atoms with E-state index in [1.165, 1.54) is 11.8 Å². The summed E-state index contributed by atoms with van der Waals surface area (Å²) in [6.07, 6.45) is -0.449. The fourth-order valence-corrected chi connectivity index (χ4v) is 1.12. The Morgan fingerprint density at radius 3 is 1.75 bits per heavy atom. The number of ether oxygens (including phenoxy) is 1. The molecular formula is C12H23NO3. The van der Waals surface area contributed by atoms with E-state index in [-0.39, 0.29) is 12.3 Å². The van der Waals surface area contributed by atoms with Crippen molar-refractivity contribution >= 4 is 11.9 Å². The highest BCUT2D eigenvalue weighted by atomic mass is 16.6. The monoisotopic (exact) mass is 229 g/mol. The lowest BCUT2D eigenvalue weighted by Crippen LogP contribution is -2.49. The molecule has 0 rings (SSSR count). The maximum absolute atomic E-state index is 11.9. The zero-order chi connectivity index (χ0) is 13.1. The van der Waals surface area contributed by atoms with Crippen LogP contribution in [0.1, 0.15) is 48.5 Å². The molecule has 0 saturated heterocycles. The molecule has 0 saturated carbocycles. The summed E-state index contributed by atoms with van der Waals surface area (Å²) in [7, 11) is 0. The predicted molar refractivity (Wildman–Crippen MR) is 63.4 cm³/mol. The molecule has 16 heavy (non-hydrogen) atoms. The molecule has 0 N–H and O–H groups in total. The third-order valence-corrected chi connectivity index (χ3v) is 1.80. The smallest absolute Gasteiger partial charge is 0.411 e. The molecule has 1 amide bonds. The van der Waals surface area contributed by atoms with Crippen LogP contribution in [0.25, 0.3) is 0 Å². The van der Waals surface area contributed by atoms with Crippen LogP contribution in [0.4, 0.5) is 4.79 Å². The molecule has 0 aliphatic carbocycles. The Kier molecular flexibility index (Phi) is 4.53. The number of nitrogens with zero attached hydrogens (tertiary/aromatic N) is 1. The highest BCUT2D eigenvalue weighted by Crippen LogP contribution is 2.18. The number of carbonyl (C=O) groups is 2. The van der Waals surface area contributed by atoms with Crippen LogP contribution in [0.2, 0.25) is 0 Å².